The van der Waals surface area contributed by atoms with Crippen molar-refractivity contribution in [3.63, 3.8) is 0 Å². The average Bonchev–Trinajstić information content (AvgIpc) is 3.73. The van der Waals surface area contributed by atoms with Crippen LogP contribution in [0.4, 0.5) is 5.13 Å². The topological polar surface area (TPSA) is 115 Å². The van der Waals surface area contributed by atoms with Crippen molar-refractivity contribution in [1.82, 2.24) is 10.2 Å². The van der Waals surface area contributed by atoms with Gasteiger partial charge in [0.1, 0.15) is 6.61 Å². The van der Waals surface area contributed by atoms with E-state index in [1.165, 1.54) is 40.3 Å². The Morgan fingerprint density at radius 2 is 2.00 bits per heavy atom. The van der Waals surface area contributed by atoms with Gasteiger partial charge in [-0.25, -0.2) is 0 Å². The van der Waals surface area contributed by atoms with Crippen molar-refractivity contribution < 1.29 is 28.6 Å². The number of aliphatic hydroxyl groups is 1. The zero-order valence-corrected chi connectivity index (χ0v) is 24.2. The number of ether oxygens (including phenoxy) is 2. The number of anilines is 1. The molecule has 1 N–H and O–H groups in total. The van der Waals surface area contributed by atoms with Crippen LogP contribution < -0.4 is 14.4 Å². The number of nitrogens with zero attached hydrogens (tertiary/aromatic N) is 3. The number of aliphatic hydroxyl groups excluding tert-OH is 1. The first-order valence-corrected chi connectivity index (χ1v) is 14.6. The van der Waals surface area contributed by atoms with Crippen LogP contribution >= 0.6 is 34.7 Å². The molecule has 5 rings (SSSR count). The fourth-order valence-corrected chi connectivity index (χ4v) is 6.15. The lowest BCUT2D eigenvalue weighted by molar-refractivity contribution is -0.117. The van der Waals surface area contributed by atoms with E-state index >= 15 is 0 Å². The number of rotatable bonds is 12. The molecule has 0 spiro atoms. The van der Waals surface area contributed by atoms with Gasteiger partial charge in [0, 0.05) is 10.8 Å². The summed E-state index contributed by atoms with van der Waals surface area (Å²) in [5, 5.41) is 20.4. The Balaban J connectivity index is 1.52. The van der Waals surface area contributed by atoms with Crippen LogP contribution in [0.2, 0.25) is 5.02 Å². The molecule has 1 unspecified atom stereocenters. The summed E-state index contributed by atoms with van der Waals surface area (Å²) in [5.41, 5.74) is 1.40. The summed E-state index contributed by atoms with van der Waals surface area (Å²) < 4.78 is 17.4. The van der Waals surface area contributed by atoms with Gasteiger partial charge in [0.15, 0.2) is 27.4 Å². The van der Waals surface area contributed by atoms with Gasteiger partial charge in [-0.3, -0.25) is 14.5 Å². The Kier molecular flexibility index (Phi) is 8.77. The number of ketones is 1. The highest BCUT2D eigenvalue weighted by atomic mass is 35.5. The van der Waals surface area contributed by atoms with Gasteiger partial charge in [-0.1, -0.05) is 65.6 Å². The maximum atomic E-state index is 13.5. The number of Topliss-reactive ketones (excluding diaryl/α,β-unsaturated/α-hetero) is 1. The van der Waals surface area contributed by atoms with E-state index in [9.17, 15) is 14.7 Å². The number of carbonyl (C=O) groups excluding carboxylic acids is 2. The highest BCUT2D eigenvalue weighted by Crippen LogP contribution is 2.45. The first kappa shape index (κ1) is 28.5. The van der Waals surface area contributed by atoms with Crippen molar-refractivity contribution in [3.05, 3.63) is 107 Å². The molecule has 1 aliphatic heterocycles. The molecule has 1 amide bonds. The number of amides is 1. The minimum absolute atomic E-state index is 0.0151. The van der Waals surface area contributed by atoms with Crippen molar-refractivity contribution in [2.24, 2.45) is 0 Å². The normalized spacial score (nSPS) is 14.9. The van der Waals surface area contributed by atoms with Gasteiger partial charge >= 0.3 is 0 Å². The molecule has 0 saturated heterocycles. The van der Waals surface area contributed by atoms with E-state index in [4.69, 9.17) is 25.5 Å². The molecule has 0 aliphatic carbocycles. The quantitative estimate of drug-likeness (QED) is 0.0799. The molecule has 0 saturated carbocycles. The number of hydrogen-bond acceptors (Lipinski definition) is 10. The maximum Gasteiger partial charge on any atom is 0.296 e. The molecule has 3 heterocycles. The molecule has 1 aliphatic rings. The molecule has 12 heteroatoms. The van der Waals surface area contributed by atoms with E-state index in [2.05, 4.69) is 16.8 Å². The Morgan fingerprint density at radius 1 is 1.20 bits per heavy atom. The van der Waals surface area contributed by atoms with E-state index in [1.54, 1.807) is 30.3 Å². The summed E-state index contributed by atoms with van der Waals surface area (Å²) in [4.78, 5) is 28.3. The lowest BCUT2D eigenvalue weighted by Crippen LogP contribution is -2.31. The van der Waals surface area contributed by atoms with Crippen LogP contribution in [-0.2, 0) is 10.5 Å². The van der Waals surface area contributed by atoms with Crippen molar-refractivity contribution in [2.45, 2.75) is 23.1 Å². The molecule has 2 aromatic heterocycles. The molecule has 4 aromatic rings. The lowest BCUT2D eigenvalue weighted by atomic mass is 9.95. The SMILES string of the molecule is C=CCOc1ccc(C2C(C(=O)c3ccco3)=C(O)C(=O)N2c2nnc(SCc3ccc(Cl)cc3)s2)cc1OCC. The fourth-order valence-electron chi connectivity index (χ4n) is 4.21. The fraction of sp³-hybridized carbons (Fsp3) is 0.172. The van der Waals surface area contributed by atoms with Gasteiger partial charge in [-0.2, -0.15) is 0 Å². The Hall–Kier alpha value is -4.06. The van der Waals surface area contributed by atoms with Crippen molar-refractivity contribution in [2.75, 3.05) is 18.1 Å². The largest absolute Gasteiger partial charge is 0.503 e. The molecule has 0 bridgehead atoms. The Labute approximate surface area is 249 Å². The van der Waals surface area contributed by atoms with E-state index < -0.39 is 23.5 Å². The van der Waals surface area contributed by atoms with Crippen LogP contribution in [0.1, 0.15) is 34.6 Å². The Morgan fingerprint density at radius 3 is 2.71 bits per heavy atom. The highest BCUT2D eigenvalue weighted by Gasteiger charge is 2.47. The average molecular weight is 610 g/mol. The second kappa shape index (κ2) is 12.6. The third-order valence-corrected chi connectivity index (χ3v) is 8.39. The van der Waals surface area contributed by atoms with Gasteiger partial charge in [-0.15, -0.1) is 10.2 Å². The summed E-state index contributed by atoms with van der Waals surface area (Å²) >= 11 is 8.60. The van der Waals surface area contributed by atoms with Crippen molar-refractivity contribution in [3.8, 4) is 11.5 Å². The van der Waals surface area contributed by atoms with E-state index in [-0.39, 0.29) is 23.1 Å². The van der Waals surface area contributed by atoms with Gasteiger partial charge in [0.25, 0.3) is 5.91 Å². The highest BCUT2D eigenvalue weighted by molar-refractivity contribution is 8.00. The summed E-state index contributed by atoms with van der Waals surface area (Å²) in [7, 11) is 0. The van der Waals surface area contributed by atoms with Crippen molar-refractivity contribution >= 4 is 51.5 Å². The van der Waals surface area contributed by atoms with Crippen LogP contribution in [0.3, 0.4) is 0 Å². The van der Waals surface area contributed by atoms with Gasteiger partial charge in [-0.05, 0) is 54.4 Å². The summed E-state index contributed by atoms with van der Waals surface area (Å²) in [6.07, 6.45) is 2.96. The van der Waals surface area contributed by atoms with Gasteiger partial charge < -0.3 is 19.0 Å². The number of hydrogen-bond donors (Lipinski definition) is 1. The Bertz CT molecular complexity index is 1600. The second-order valence-corrected chi connectivity index (χ2v) is 11.3. The third kappa shape index (κ3) is 6.02. The second-order valence-electron chi connectivity index (χ2n) is 8.65. The summed E-state index contributed by atoms with van der Waals surface area (Å²) in [6, 6.07) is 14.5. The zero-order valence-electron chi connectivity index (χ0n) is 21.8. The van der Waals surface area contributed by atoms with Crippen LogP contribution in [0.25, 0.3) is 0 Å². The molecule has 210 valence electrons. The van der Waals surface area contributed by atoms with Gasteiger partial charge in [0.2, 0.25) is 10.9 Å². The van der Waals surface area contributed by atoms with Crippen LogP contribution in [0.15, 0.2) is 93.6 Å². The number of halogens is 1. The van der Waals surface area contributed by atoms with E-state index in [1.807, 2.05) is 31.2 Å². The summed E-state index contributed by atoms with van der Waals surface area (Å²) in [6.45, 7) is 6.12. The minimum atomic E-state index is -1.03. The van der Waals surface area contributed by atoms with Crippen LogP contribution in [0.5, 0.6) is 11.5 Å². The van der Waals surface area contributed by atoms with Gasteiger partial charge in [0.05, 0.1) is 24.5 Å². The molecule has 0 fully saturated rings. The van der Waals surface area contributed by atoms with E-state index in [0.717, 1.165) is 5.56 Å². The molecule has 0 radical (unpaired) electrons. The molecule has 41 heavy (non-hydrogen) atoms. The first-order valence-electron chi connectivity index (χ1n) is 12.5. The third-order valence-electron chi connectivity index (χ3n) is 6.02. The van der Waals surface area contributed by atoms with Crippen LogP contribution in [-0.4, -0.2) is 40.2 Å². The molecule has 1 atom stereocenters. The number of furan rings is 1. The smallest absolute Gasteiger partial charge is 0.296 e. The molecular weight excluding hydrogens is 586 g/mol. The van der Waals surface area contributed by atoms with Crippen LogP contribution in [0, 0.1) is 0 Å². The number of benzene rings is 2. The first-order chi connectivity index (χ1) is 19.9. The number of aromatic nitrogens is 2. The minimum Gasteiger partial charge on any atom is -0.503 e. The standard InChI is InChI=1S/C29H24ClN3O6S2/c1-3-13-38-20-12-9-18(15-22(20)37-4-2)24-23(25(34)21-6-5-14-39-21)26(35)27(36)33(24)28-31-32-29(41-28)40-16-17-7-10-19(30)11-8-17/h3,5-12,14-15,24,35H,1,4,13,16H2,2H3. The lowest BCUT2D eigenvalue weighted by Gasteiger charge is -2.24. The van der Waals surface area contributed by atoms with Crippen molar-refractivity contribution in [1.29, 1.82) is 0 Å². The zero-order chi connectivity index (χ0) is 28.9. The molecular formula is C29H24ClN3O6S2. The predicted molar refractivity (Wildman–Crippen MR) is 157 cm³/mol. The summed E-state index contributed by atoms with van der Waals surface area (Å²) in [5.74, 6) is -0.619. The molecule has 9 nitrogen and oxygen atoms in total. The maximum absolute atomic E-state index is 13.5. The predicted octanol–water partition coefficient (Wildman–Crippen LogP) is 6.82. The number of carbonyl (C=O) groups is 2. The van der Waals surface area contributed by atoms with E-state index in [0.29, 0.717) is 38.8 Å². The monoisotopic (exact) mass is 609 g/mol. The molecule has 2 aromatic carbocycles. The number of thioether (sulfide) groups is 1.